The highest BCUT2D eigenvalue weighted by atomic mass is 16.5. The van der Waals surface area contributed by atoms with Gasteiger partial charge in [0.05, 0.1) is 19.3 Å². The summed E-state index contributed by atoms with van der Waals surface area (Å²) < 4.78 is 10.5. The molecule has 2 aromatic carbocycles. The number of methoxy groups -OCH3 is 1. The number of carbonyl (C=O) groups is 1. The number of carboxylic acids is 1. The number of aliphatic carboxylic acids is 1. The van der Waals surface area contributed by atoms with Crippen molar-refractivity contribution in [2.75, 3.05) is 13.7 Å². The summed E-state index contributed by atoms with van der Waals surface area (Å²) in [5, 5.41) is 9.43. The summed E-state index contributed by atoms with van der Waals surface area (Å²) >= 11 is 0. The molecule has 0 fully saturated rings. The Kier molecular flexibility index (Phi) is 5.20. The molecular formula is C18H18O4. The summed E-state index contributed by atoms with van der Waals surface area (Å²) in [5.41, 5.74) is 1.66. The Balaban J connectivity index is 2.31. The van der Waals surface area contributed by atoms with E-state index in [1.165, 1.54) is 0 Å². The molecule has 0 amide bonds. The summed E-state index contributed by atoms with van der Waals surface area (Å²) in [7, 11) is 1.57. The lowest BCUT2D eigenvalue weighted by Gasteiger charge is -2.06. The molecule has 4 heteroatoms. The van der Waals surface area contributed by atoms with Gasteiger partial charge in [0, 0.05) is 0 Å². The van der Waals surface area contributed by atoms with Crippen LogP contribution in [0.25, 0.3) is 11.6 Å². The van der Waals surface area contributed by atoms with Crippen LogP contribution in [0.2, 0.25) is 0 Å². The van der Waals surface area contributed by atoms with Crippen LogP contribution < -0.4 is 9.47 Å². The van der Waals surface area contributed by atoms with Crippen LogP contribution in [-0.4, -0.2) is 24.8 Å². The Hall–Kier alpha value is -2.75. The predicted molar refractivity (Wildman–Crippen MR) is 86.1 cm³/mol. The van der Waals surface area contributed by atoms with E-state index in [-0.39, 0.29) is 5.57 Å². The number of carboxylic acid groups (broad SMARTS) is 1. The maximum absolute atomic E-state index is 11.5. The van der Waals surface area contributed by atoms with Crippen LogP contribution in [0.3, 0.4) is 0 Å². The maximum Gasteiger partial charge on any atom is 0.336 e. The van der Waals surface area contributed by atoms with Gasteiger partial charge in [-0.25, -0.2) is 4.79 Å². The van der Waals surface area contributed by atoms with Crippen molar-refractivity contribution < 1.29 is 19.4 Å². The average molecular weight is 298 g/mol. The van der Waals surface area contributed by atoms with E-state index in [1.807, 2.05) is 31.2 Å². The van der Waals surface area contributed by atoms with Gasteiger partial charge in [0.25, 0.3) is 0 Å². The Morgan fingerprint density at radius 1 is 1.05 bits per heavy atom. The van der Waals surface area contributed by atoms with Gasteiger partial charge in [0.15, 0.2) is 0 Å². The highest BCUT2D eigenvalue weighted by Gasteiger charge is 2.10. The van der Waals surface area contributed by atoms with Gasteiger partial charge < -0.3 is 14.6 Å². The van der Waals surface area contributed by atoms with Crippen molar-refractivity contribution in [1.82, 2.24) is 0 Å². The van der Waals surface area contributed by atoms with Gasteiger partial charge in [-0.05, 0) is 48.4 Å². The van der Waals surface area contributed by atoms with Crippen LogP contribution in [0, 0.1) is 0 Å². The minimum atomic E-state index is -0.973. The largest absolute Gasteiger partial charge is 0.497 e. The number of benzene rings is 2. The fraction of sp³-hybridized carbons (Fsp3) is 0.167. The molecule has 0 bridgehead atoms. The number of ether oxygens (including phenoxy) is 2. The molecule has 0 heterocycles. The summed E-state index contributed by atoms with van der Waals surface area (Å²) in [6.45, 7) is 2.52. The van der Waals surface area contributed by atoms with Crippen LogP contribution in [0.5, 0.6) is 11.5 Å². The van der Waals surface area contributed by atoms with E-state index >= 15 is 0 Å². The van der Waals surface area contributed by atoms with E-state index in [1.54, 1.807) is 37.5 Å². The molecule has 1 N–H and O–H groups in total. The van der Waals surface area contributed by atoms with Crippen molar-refractivity contribution in [3.8, 4) is 11.5 Å². The zero-order chi connectivity index (χ0) is 15.9. The minimum Gasteiger partial charge on any atom is -0.497 e. The Bertz CT molecular complexity index is 654. The van der Waals surface area contributed by atoms with Crippen molar-refractivity contribution in [2.24, 2.45) is 0 Å². The Morgan fingerprint density at radius 3 is 2.14 bits per heavy atom. The normalized spacial score (nSPS) is 11.1. The number of hydrogen-bond acceptors (Lipinski definition) is 3. The average Bonchev–Trinajstić information content (AvgIpc) is 2.54. The van der Waals surface area contributed by atoms with Crippen LogP contribution >= 0.6 is 0 Å². The second-order valence-electron chi connectivity index (χ2n) is 4.59. The van der Waals surface area contributed by atoms with Crippen LogP contribution in [0.15, 0.2) is 48.5 Å². The van der Waals surface area contributed by atoms with E-state index in [4.69, 9.17) is 9.47 Å². The smallest absolute Gasteiger partial charge is 0.336 e. The molecule has 0 unspecified atom stereocenters. The van der Waals surface area contributed by atoms with Gasteiger partial charge in [-0.15, -0.1) is 0 Å². The molecule has 0 spiro atoms. The first-order valence-electron chi connectivity index (χ1n) is 6.96. The van der Waals surface area contributed by atoms with Gasteiger partial charge in [-0.1, -0.05) is 24.3 Å². The van der Waals surface area contributed by atoms with Gasteiger partial charge in [0.2, 0.25) is 0 Å². The van der Waals surface area contributed by atoms with Gasteiger partial charge in [0.1, 0.15) is 11.5 Å². The molecule has 0 aliphatic carbocycles. The molecule has 4 nitrogen and oxygen atoms in total. The Labute approximate surface area is 129 Å². The topological polar surface area (TPSA) is 55.8 Å². The summed E-state index contributed by atoms with van der Waals surface area (Å²) in [5.74, 6) is 0.481. The first-order chi connectivity index (χ1) is 10.6. The van der Waals surface area contributed by atoms with Gasteiger partial charge >= 0.3 is 5.97 Å². The molecule has 0 aromatic heterocycles. The lowest BCUT2D eigenvalue weighted by Crippen LogP contribution is -1.99. The monoisotopic (exact) mass is 298 g/mol. The van der Waals surface area contributed by atoms with E-state index in [0.29, 0.717) is 17.9 Å². The van der Waals surface area contributed by atoms with E-state index in [0.717, 1.165) is 11.3 Å². The van der Waals surface area contributed by atoms with Crippen molar-refractivity contribution >= 4 is 17.6 Å². The van der Waals surface area contributed by atoms with Crippen molar-refractivity contribution in [3.05, 3.63) is 59.7 Å². The second-order valence-corrected chi connectivity index (χ2v) is 4.59. The van der Waals surface area contributed by atoms with E-state index in [2.05, 4.69) is 0 Å². The molecule has 0 aliphatic heterocycles. The molecule has 22 heavy (non-hydrogen) atoms. The van der Waals surface area contributed by atoms with E-state index in [9.17, 15) is 9.90 Å². The molecular weight excluding hydrogens is 280 g/mol. The van der Waals surface area contributed by atoms with Crippen molar-refractivity contribution in [3.63, 3.8) is 0 Å². The van der Waals surface area contributed by atoms with Crippen LogP contribution in [0.1, 0.15) is 18.1 Å². The highest BCUT2D eigenvalue weighted by molar-refractivity contribution is 6.20. The van der Waals surface area contributed by atoms with Crippen LogP contribution in [0.4, 0.5) is 0 Å². The lowest BCUT2D eigenvalue weighted by atomic mass is 10.0. The summed E-state index contributed by atoms with van der Waals surface area (Å²) in [6.07, 6.45) is 1.64. The summed E-state index contributed by atoms with van der Waals surface area (Å²) in [4.78, 5) is 11.5. The highest BCUT2D eigenvalue weighted by Crippen LogP contribution is 2.22. The Morgan fingerprint density at radius 2 is 1.64 bits per heavy atom. The third-order valence-electron chi connectivity index (χ3n) is 3.13. The summed E-state index contributed by atoms with van der Waals surface area (Å²) in [6, 6.07) is 14.2. The van der Waals surface area contributed by atoms with E-state index < -0.39 is 5.97 Å². The standard InChI is InChI=1S/C18H18O4/c1-3-22-16-8-4-13(5-9-16)12-17(18(19)20)14-6-10-15(21-2)11-7-14/h4-12H,3H2,1-2H3,(H,19,20)/b17-12+. The molecule has 0 saturated heterocycles. The molecule has 0 atom stereocenters. The molecule has 2 rings (SSSR count). The molecule has 0 radical (unpaired) electrons. The SMILES string of the molecule is CCOc1ccc(/C=C(/C(=O)O)c2ccc(OC)cc2)cc1. The zero-order valence-corrected chi connectivity index (χ0v) is 12.6. The molecule has 2 aromatic rings. The molecule has 114 valence electrons. The zero-order valence-electron chi connectivity index (χ0n) is 12.6. The van der Waals surface area contributed by atoms with Gasteiger partial charge in [-0.2, -0.15) is 0 Å². The number of rotatable bonds is 6. The third kappa shape index (κ3) is 3.88. The minimum absolute atomic E-state index is 0.229. The molecule has 0 aliphatic rings. The predicted octanol–water partition coefficient (Wildman–Crippen LogP) is 3.72. The quantitative estimate of drug-likeness (QED) is 0.652. The van der Waals surface area contributed by atoms with Crippen molar-refractivity contribution in [1.29, 1.82) is 0 Å². The number of hydrogen-bond donors (Lipinski definition) is 1. The maximum atomic E-state index is 11.5. The fourth-order valence-corrected chi connectivity index (χ4v) is 2.03. The first-order valence-corrected chi connectivity index (χ1v) is 6.96. The fourth-order valence-electron chi connectivity index (χ4n) is 2.03. The van der Waals surface area contributed by atoms with Crippen molar-refractivity contribution in [2.45, 2.75) is 6.92 Å². The van der Waals surface area contributed by atoms with Crippen LogP contribution in [-0.2, 0) is 4.79 Å². The molecule has 0 saturated carbocycles. The third-order valence-corrected chi connectivity index (χ3v) is 3.13. The van der Waals surface area contributed by atoms with Gasteiger partial charge in [-0.3, -0.25) is 0 Å². The second kappa shape index (κ2) is 7.31. The lowest BCUT2D eigenvalue weighted by molar-refractivity contribution is -0.130. The first kappa shape index (κ1) is 15.6.